The van der Waals surface area contributed by atoms with Gasteiger partial charge in [0.05, 0.1) is 12.8 Å². The molecule has 0 fully saturated rings. The van der Waals surface area contributed by atoms with Crippen molar-refractivity contribution in [2.75, 3.05) is 19.0 Å². The molecule has 0 atom stereocenters. The highest BCUT2D eigenvalue weighted by Crippen LogP contribution is 2.24. The van der Waals surface area contributed by atoms with E-state index in [1.165, 1.54) is 0 Å². The molecule has 0 saturated heterocycles. The SMILES string of the molecule is COc1ccc(C)cc1NC(=S)NCCCn1cccn1. The number of anilines is 1. The third-order valence-electron chi connectivity index (χ3n) is 3.01. The largest absolute Gasteiger partial charge is 0.495 e. The lowest BCUT2D eigenvalue weighted by atomic mass is 10.2. The van der Waals surface area contributed by atoms with E-state index in [-0.39, 0.29) is 0 Å². The Hall–Kier alpha value is -2.08. The average Bonchev–Trinajstić information content (AvgIpc) is 2.97. The van der Waals surface area contributed by atoms with Gasteiger partial charge in [-0.05, 0) is 49.3 Å². The smallest absolute Gasteiger partial charge is 0.170 e. The lowest BCUT2D eigenvalue weighted by molar-refractivity contribution is 0.417. The van der Waals surface area contributed by atoms with Gasteiger partial charge in [0.1, 0.15) is 5.75 Å². The summed E-state index contributed by atoms with van der Waals surface area (Å²) in [6, 6.07) is 7.86. The second-order valence-corrected chi connectivity index (χ2v) is 5.12. The summed E-state index contributed by atoms with van der Waals surface area (Å²) < 4.78 is 7.22. The number of aromatic nitrogens is 2. The Morgan fingerprint density at radius 2 is 2.29 bits per heavy atom. The van der Waals surface area contributed by atoms with Crippen LogP contribution in [0.2, 0.25) is 0 Å². The van der Waals surface area contributed by atoms with Gasteiger partial charge >= 0.3 is 0 Å². The van der Waals surface area contributed by atoms with Crippen LogP contribution in [-0.4, -0.2) is 28.5 Å². The molecule has 2 rings (SSSR count). The molecule has 112 valence electrons. The number of nitrogens with zero attached hydrogens (tertiary/aromatic N) is 2. The normalized spacial score (nSPS) is 10.2. The second-order valence-electron chi connectivity index (χ2n) is 4.71. The Labute approximate surface area is 130 Å². The van der Waals surface area contributed by atoms with E-state index >= 15 is 0 Å². The van der Waals surface area contributed by atoms with Crippen molar-refractivity contribution < 1.29 is 4.74 Å². The van der Waals surface area contributed by atoms with E-state index in [0.29, 0.717) is 5.11 Å². The molecule has 0 aliphatic heterocycles. The van der Waals surface area contributed by atoms with Gasteiger partial charge in [0.15, 0.2) is 5.11 Å². The number of thiocarbonyl (C=S) groups is 1. The highest BCUT2D eigenvalue weighted by atomic mass is 32.1. The first kappa shape index (κ1) is 15.3. The first-order valence-electron chi connectivity index (χ1n) is 6.86. The molecule has 0 radical (unpaired) electrons. The molecule has 0 aliphatic rings. The molecule has 0 aliphatic carbocycles. The molecular weight excluding hydrogens is 284 g/mol. The Bertz CT molecular complexity index is 583. The minimum atomic E-state index is 0.597. The summed E-state index contributed by atoms with van der Waals surface area (Å²) in [7, 11) is 1.65. The standard InChI is InChI=1S/C15H20N4OS/c1-12-5-6-14(20-2)13(11-12)18-15(21)16-7-3-9-19-10-4-8-17-19/h4-6,8,10-11H,3,7,9H2,1-2H3,(H2,16,18,21). The fourth-order valence-corrected chi connectivity index (χ4v) is 2.17. The van der Waals surface area contributed by atoms with Gasteiger partial charge in [-0.2, -0.15) is 5.10 Å². The highest BCUT2D eigenvalue weighted by molar-refractivity contribution is 7.80. The van der Waals surface area contributed by atoms with Crippen LogP contribution in [0.1, 0.15) is 12.0 Å². The topological polar surface area (TPSA) is 51.1 Å². The summed E-state index contributed by atoms with van der Waals surface area (Å²) >= 11 is 5.30. The molecule has 2 N–H and O–H groups in total. The number of methoxy groups -OCH3 is 1. The summed E-state index contributed by atoms with van der Waals surface area (Å²) in [5.74, 6) is 0.779. The first-order valence-corrected chi connectivity index (χ1v) is 7.27. The highest BCUT2D eigenvalue weighted by Gasteiger charge is 2.04. The predicted octanol–water partition coefficient (Wildman–Crippen LogP) is 2.58. The monoisotopic (exact) mass is 304 g/mol. The quantitative estimate of drug-likeness (QED) is 0.634. The maximum absolute atomic E-state index is 5.31. The van der Waals surface area contributed by atoms with Crippen molar-refractivity contribution in [3.8, 4) is 5.75 Å². The van der Waals surface area contributed by atoms with Crippen molar-refractivity contribution in [2.45, 2.75) is 19.9 Å². The van der Waals surface area contributed by atoms with Crippen molar-refractivity contribution in [1.82, 2.24) is 15.1 Å². The van der Waals surface area contributed by atoms with Crippen LogP contribution in [0.3, 0.4) is 0 Å². The van der Waals surface area contributed by atoms with Crippen LogP contribution in [0.5, 0.6) is 5.75 Å². The van der Waals surface area contributed by atoms with E-state index in [1.54, 1.807) is 13.3 Å². The van der Waals surface area contributed by atoms with E-state index in [2.05, 4.69) is 15.7 Å². The van der Waals surface area contributed by atoms with Crippen LogP contribution < -0.4 is 15.4 Å². The summed E-state index contributed by atoms with van der Waals surface area (Å²) in [4.78, 5) is 0. The molecule has 0 amide bonds. The molecule has 1 aromatic heterocycles. The molecule has 2 aromatic rings. The average molecular weight is 304 g/mol. The number of nitrogens with one attached hydrogen (secondary N) is 2. The molecule has 0 bridgehead atoms. The van der Waals surface area contributed by atoms with Crippen LogP contribution in [0, 0.1) is 6.92 Å². The van der Waals surface area contributed by atoms with Gasteiger partial charge in [0.25, 0.3) is 0 Å². The van der Waals surface area contributed by atoms with Crippen molar-refractivity contribution in [2.24, 2.45) is 0 Å². The van der Waals surface area contributed by atoms with Crippen molar-refractivity contribution in [3.63, 3.8) is 0 Å². The maximum Gasteiger partial charge on any atom is 0.170 e. The van der Waals surface area contributed by atoms with Gasteiger partial charge in [-0.25, -0.2) is 0 Å². The van der Waals surface area contributed by atoms with Crippen LogP contribution in [0.4, 0.5) is 5.69 Å². The van der Waals surface area contributed by atoms with Gasteiger partial charge < -0.3 is 15.4 Å². The summed E-state index contributed by atoms with van der Waals surface area (Å²) in [6.07, 6.45) is 4.69. The number of rotatable bonds is 6. The summed E-state index contributed by atoms with van der Waals surface area (Å²) in [5, 5.41) is 11.1. The minimum Gasteiger partial charge on any atom is -0.495 e. The zero-order valence-electron chi connectivity index (χ0n) is 12.3. The van der Waals surface area contributed by atoms with Crippen molar-refractivity contribution in [1.29, 1.82) is 0 Å². The van der Waals surface area contributed by atoms with E-state index in [0.717, 1.165) is 36.5 Å². The third-order valence-corrected chi connectivity index (χ3v) is 3.26. The Balaban J connectivity index is 1.77. The number of hydrogen-bond donors (Lipinski definition) is 2. The van der Waals surface area contributed by atoms with Gasteiger partial charge in [-0.15, -0.1) is 0 Å². The summed E-state index contributed by atoms with van der Waals surface area (Å²) in [5.41, 5.74) is 2.03. The lowest BCUT2D eigenvalue weighted by Crippen LogP contribution is -2.30. The predicted molar refractivity (Wildman–Crippen MR) is 88.8 cm³/mol. The second kappa shape index (κ2) is 7.64. The van der Waals surface area contributed by atoms with Gasteiger partial charge in [-0.3, -0.25) is 4.68 Å². The number of benzene rings is 1. The van der Waals surface area contributed by atoms with Crippen molar-refractivity contribution in [3.05, 3.63) is 42.2 Å². The Morgan fingerprint density at radius 1 is 1.43 bits per heavy atom. The molecule has 0 unspecified atom stereocenters. The Kier molecular flexibility index (Phi) is 5.57. The Morgan fingerprint density at radius 3 is 3.00 bits per heavy atom. The van der Waals surface area contributed by atoms with E-state index < -0.39 is 0 Å². The fraction of sp³-hybridized carbons (Fsp3) is 0.333. The van der Waals surface area contributed by atoms with Crippen LogP contribution in [0.25, 0.3) is 0 Å². The minimum absolute atomic E-state index is 0.597. The number of aryl methyl sites for hydroxylation is 2. The molecule has 5 nitrogen and oxygen atoms in total. The van der Waals surface area contributed by atoms with Gasteiger partial charge in [-0.1, -0.05) is 6.07 Å². The maximum atomic E-state index is 5.31. The van der Waals surface area contributed by atoms with Gasteiger partial charge in [0, 0.05) is 25.5 Å². The fourth-order valence-electron chi connectivity index (χ4n) is 1.96. The first-order chi connectivity index (χ1) is 10.2. The van der Waals surface area contributed by atoms with E-state index in [9.17, 15) is 0 Å². The zero-order chi connectivity index (χ0) is 15.1. The molecule has 0 spiro atoms. The molecule has 1 heterocycles. The molecular formula is C15H20N4OS. The van der Waals surface area contributed by atoms with E-state index in [1.807, 2.05) is 42.1 Å². The zero-order valence-corrected chi connectivity index (χ0v) is 13.1. The van der Waals surface area contributed by atoms with Crippen LogP contribution >= 0.6 is 12.2 Å². The number of ether oxygens (including phenoxy) is 1. The third kappa shape index (κ3) is 4.75. The van der Waals surface area contributed by atoms with Crippen LogP contribution in [0.15, 0.2) is 36.7 Å². The molecule has 0 saturated carbocycles. The van der Waals surface area contributed by atoms with Crippen molar-refractivity contribution >= 4 is 23.0 Å². The van der Waals surface area contributed by atoms with E-state index in [4.69, 9.17) is 17.0 Å². The lowest BCUT2D eigenvalue weighted by Gasteiger charge is -2.14. The molecule has 1 aromatic carbocycles. The van der Waals surface area contributed by atoms with Crippen LogP contribution in [-0.2, 0) is 6.54 Å². The molecule has 21 heavy (non-hydrogen) atoms. The molecule has 6 heteroatoms. The summed E-state index contributed by atoms with van der Waals surface area (Å²) in [6.45, 7) is 3.70. The van der Waals surface area contributed by atoms with Gasteiger partial charge in [0.2, 0.25) is 0 Å². The number of hydrogen-bond acceptors (Lipinski definition) is 3.